The summed E-state index contributed by atoms with van der Waals surface area (Å²) < 4.78 is 34.2. The van der Waals surface area contributed by atoms with Crippen molar-refractivity contribution in [1.82, 2.24) is 20.4 Å². The number of ether oxygens (including phenoxy) is 1. The fourth-order valence-electron chi connectivity index (χ4n) is 3.57. The van der Waals surface area contributed by atoms with Crippen LogP contribution in [0.2, 0.25) is 0 Å². The van der Waals surface area contributed by atoms with Crippen LogP contribution < -0.4 is 5.32 Å². The average Bonchev–Trinajstić information content (AvgIpc) is 3.32. The van der Waals surface area contributed by atoms with Crippen molar-refractivity contribution in [3.8, 4) is 11.4 Å². The first-order valence-corrected chi connectivity index (χ1v) is 13.0. The van der Waals surface area contributed by atoms with E-state index in [1.165, 1.54) is 4.90 Å². The first kappa shape index (κ1) is 25.5. The van der Waals surface area contributed by atoms with Crippen LogP contribution in [-0.4, -0.2) is 85.4 Å². The topological polar surface area (TPSA) is 149 Å². The molecule has 0 saturated carbocycles. The summed E-state index contributed by atoms with van der Waals surface area (Å²) in [5, 5.41) is 6.39. The first-order valence-electron chi connectivity index (χ1n) is 10.9. The van der Waals surface area contributed by atoms with Crippen LogP contribution in [0, 0.1) is 5.92 Å². The summed E-state index contributed by atoms with van der Waals surface area (Å²) in [5.74, 6) is -3.33. The lowest BCUT2D eigenvalue weighted by molar-refractivity contribution is -0.139. The van der Waals surface area contributed by atoms with Gasteiger partial charge in [-0.15, -0.1) is 0 Å². The number of hydrogen-bond acceptors (Lipinski definition) is 9. The molecule has 0 bridgehead atoms. The molecule has 1 aromatic heterocycles. The van der Waals surface area contributed by atoms with Crippen LogP contribution in [0.5, 0.6) is 0 Å². The van der Waals surface area contributed by atoms with E-state index in [0.29, 0.717) is 31.9 Å². The van der Waals surface area contributed by atoms with E-state index >= 15 is 0 Å². The van der Waals surface area contributed by atoms with Crippen molar-refractivity contribution in [1.29, 1.82) is 0 Å². The van der Waals surface area contributed by atoms with Gasteiger partial charge in [0.15, 0.2) is 0 Å². The number of aromatic nitrogens is 2. The molecule has 1 aliphatic heterocycles. The van der Waals surface area contributed by atoms with Crippen molar-refractivity contribution in [2.45, 2.75) is 25.8 Å². The van der Waals surface area contributed by atoms with Crippen molar-refractivity contribution in [3.63, 3.8) is 0 Å². The number of amides is 2. The van der Waals surface area contributed by atoms with Gasteiger partial charge in [0.1, 0.15) is 9.84 Å². The summed E-state index contributed by atoms with van der Waals surface area (Å²) in [7, 11) is -3.57. The molecule has 11 nitrogen and oxygen atoms in total. The van der Waals surface area contributed by atoms with Gasteiger partial charge in [0.05, 0.1) is 30.9 Å². The van der Waals surface area contributed by atoms with Gasteiger partial charge in [-0.25, -0.2) is 8.42 Å². The largest absolute Gasteiger partial charge is 0.378 e. The van der Waals surface area contributed by atoms with E-state index in [0.717, 1.165) is 6.26 Å². The van der Waals surface area contributed by atoms with Crippen LogP contribution in [0.3, 0.4) is 0 Å². The minimum absolute atomic E-state index is 0.205. The summed E-state index contributed by atoms with van der Waals surface area (Å²) in [5.41, 5.74) is 0.664. The van der Waals surface area contributed by atoms with Gasteiger partial charge in [-0.1, -0.05) is 42.4 Å². The predicted octanol–water partition coefficient (Wildman–Crippen LogP) is 0.724. The number of sulfone groups is 1. The molecule has 2 unspecified atom stereocenters. The van der Waals surface area contributed by atoms with E-state index in [2.05, 4.69) is 15.5 Å². The van der Waals surface area contributed by atoms with Gasteiger partial charge in [-0.2, -0.15) is 4.98 Å². The minimum Gasteiger partial charge on any atom is -0.378 e. The van der Waals surface area contributed by atoms with Crippen molar-refractivity contribution in [2.75, 3.05) is 38.3 Å². The Morgan fingerprint density at radius 3 is 2.44 bits per heavy atom. The Kier molecular flexibility index (Phi) is 8.51. The number of rotatable bonds is 10. The third-order valence-electron chi connectivity index (χ3n) is 5.37. The van der Waals surface area contributed by atoms with Crippen molar-refractivity contribution >= 4 is 27.4 Å². The van der Waals surface area contributed by atoms with E-state index in [1.807, 2.05) is 6.07 Å². The molecule has 1 aliphatic rings. The third kappa shape index (κ3) is 6.94. The molecular weight excluding hydrogens is 464 g/mol. The van der Waals surface area contributed by atoms with E-state index in [9.17, 15) is 22.8 Å². The fraction of sp³-hybridized carbons (Fsp3) is 0.500. The summed E-state index contributed by atoms with van der Waals surface area (Å²) in [6, 6.07) is 7.93. The summed E-state index contributed by atoms with van der Waals surface area (Å²) >= 11 is 0. The Labute approximate surface area is 197 Å². The first-order chi connectivity index (χ1) is 16.2. The van der Waals surface area contributed by atoms with Gasteiger partial charge in [-0.3, -0.25) is 14.4 Å². The highest BCUT2D eigenvalue weighted by atomic mass is 32.2. The quantitative estimate of drug-likeness (QED) is 0.474. The van der Waals surface area contributed by atoms with E-state index in [4.69, 9.17) is 9.26 Å². The Morgan fingerprint density at radius 2 is 1.82 bits per heavy atom. The summed E-state index contributed by atoms with van der Waals surface area (Å²) in [6.45, 7) is 3.21. The van der Waals surface area contributed by atoms with Crippen LogP contribution in [0.4, 0.5) is 0 Å². The van der Waals surface area contributed by atoms with Gasteiger partial charge in [-0.05, 0) is 6.42 Å². The number of benzene rings is 1. The molecule has 34 heavy (non-hydrogen) atoms. The monoisotopic (exact) mass is 492 g/mol. The van der Waals surface area contributed by atoms with Gasteiger partial charge >= 0.3 is 0 Å². The molecule has 0 aliphatic carbocycles. The van der Waals surface area contributed by atoms with E-state index < -0.39 is 39.2 Å². The number of carbonyl (C=O) groups is 3. The molecule has 1 N–H and O–H groups in total. The second-order valence-corrected chi connectivity index (χ2v) is 10.3. The number of carbonyl (C=O) groups excluding carboxylic acids is 3. The second-order valence-electron chi connectivity index (χ2n) is 8.11. The SMILES string of the molecule is CCC(NC(=O)C(CC(=O)N1CCOCC1)CS(C)(=O)=O)C(=O)c1nc(-c2ccccc2)no1. The lowest BCUT2D eigenvalue weighted by Crippen LogP contribution is -2.47. The van der Waals surface area contributed by atoms with Crippen LogP contribution in [0.1, 0.15) is 30.5 Å². The average molecular weight is 493 g/mol. The maximum Gasteiger partial charge on any atom is 0.296 e. The lowest BCUT2D eigenvalue weighted by atomic mass is 10.0. The van der Waals surface area contributed by atoms with Gasteiger partial charge in [0.25, 0.3) is 5.89 Å². The molecule has 2 aromatic rings. The third-order valence-corrected chi connectivity index (χ3v) is 6.38. The Hall–Kier alpha value is -3.12. The van der Waals surface area contributed by atoms with Crippen LogP contribution in [0.25, 0.3) is 11.4 Å². The lowest BCUT2D eigenvalue weighted by Gasteiger charge is -2.28. The number of ketones is 1. The zero-order chi connectivity index (χ0) is 24.7. The van der Waals surface area contributed by atoms with Crippen molar-refractivity contribution in [2.24, 2.45) is 5.92 Å². The molecule has 184 valence electrons. The normalized spacial score (nSPS) is 16.0. The van der Waals surface area contributed by atoms with Crippen LogP contribution in [-0.2, 0) is 24.2 Å². The molecule has 1 aromatic carbocycles. The Bertz CT molecular complexity index is 1110. The standard InChI is InChI=1S/C22H28N4O7S/c1-3-17(19(28)22-24-20(25-33-22)15-7-5-4-6-8-15)23-21(29)16(14-34(2,30)31)13-18(27)26-9-11-32-12-10-26/h4-8,16-17H,3,9-14H2,1-2H3,(H,23,29). The van der Waals surface area contributed by atoms with E-state index in [-0.39, 0.29) is 30.5 Å². The molecular formula is C22H28N4O7S. The zero-order valence-electron chi connectivity index (χ0n) is 19.1. The molecule has 2 amide bonds. The summed E-state index contributed by atoms with van der Waals surface area (Å²) in [6.07, 6.45) is 0.914. The molecule has 0 spiro atoms. The van der Waals surface area contributed by atoms with Crippen LogP contribution in [0.15, 0.2) is 34.9 Å². The Balaban J connectivity index is 1.71. The fourth-order valence-corrected chi connectivity index (χ4v) is 4.57. The van der Waals surface area contributed by atoms with Gasteiger partial charge in [0.2, 0.25) is 23.4 Å². The molecule has 2 heterocycles. The molecule has 12 heteroatoms. The molecule has 1 fully saturated rings. The predicted molar refractivity (Wildman–Crippen MR) is 122 cm³/mol. The minimum atomic E-state index is -3.57. The highest BCUT2D eigenvalue weighted by molar-refractivity contribution is 7.90. The second kappa shape index (κ2) is 11.3. The highest BCUT2D eigenvalue weighted by Crippen LogP contribution is 2.17. The number of nitrogens with zero attached hydrogens (tertiary/aromatic N) is 3. The van der Waals surface area contributed by atoms with Crippen molar-refractivity contribution < 1.29 is 32.1 Å². The van der Waals surface area contributed by atoms with Gasteiger partial charge in [0, 0.05) is 31.3 Å². The Morgan fingerprint density at radius 1 is 1.15 bits per heavy atom. The number of hydrogen-bond donors (Lipinski definition) is 1. The summed E-state index contributed by atoms with van der Waals surface area (Å²) in [4.78, 5) is 44.2. The van der Waals surface area contributed by atoms with E-state index in [1.54, 1.807) is 31.2 Å². The molecule has 0 radical (unpaired) electrons. The highest BCUT2D eigenvalue weighted by Gasteiger charge is 2.32. The molecule has 3 rings (SSSR count). The smallest absolute Gasteiger partial charge is 0.296 e. The maximum atomic E-state index is 13.0. The molecule has 2 atom stereocenters. The van der Waals surface area contributed by atoms with Crippen LogP contribution >= 0.6 is 0 Å². The van der Waals surface area contributed by atoms with Gasteiger partial charge < -0.3 is 19.5 Å². The number of nitrogens with one attached hydrogen (secondary N) is 1. The number of Topliss-reactive ketones (excluding diaryl/α,β-unsaturated/α-hetero) is 1. The van der Waals surface area contributed by atoms with Crippen molar-refractivity contribution in [3.05, 3.63) is 36.2 Å². The maximum absolute atomic E-state index is 13.0. The zero-order valence-corrected chi connectivity index (χ0v) is 19.9. The number of morpholine rings is 1. The molecule has 1 saturated heterocycles.